The van der Waals surface area contributed by atoms with Crippen molar-refractivity contribution in [2.45, 2.75) is 58.5 Å². The molecule has 2 fully saturated rings. The molecular weight excluding hydrogens is 292 g/mol. The van der Waals surface area contributed by atoms with Gasteiger partial charge in [0, 0.05) is 18.7 Å². The van der Waals surface area contributed by atoms with Gasteiger partial charge in [0.25, 0.3) is 0 Å². The normalized spacial score (nSPS) is 24.0. The maximum absolute atomic E-state index is 12.3. The molecule has 2 heterocycles. The highest BCUT2D eigenvalue weighted by atomic mass is 16.5. The van der Waals surface area contributed by atoms with Crippen LogP contribution >= 0.6 is 0 Å². The summed E-state index contributed by atoms with van der Waals surface area (Å²) in [6.45, 7) is 11.3. The maximum atomic E-state index is 12.3. The van der Waals surface area contributed by atoms with Crippen molar-refractivity contribution in [3.8, 4) is 0 Å². The van der Waals surface area contributed by atoms with Crippen LogP contribution in [-0.4, -0.2) is 72.4 Å². The molecule has 2 rings (SSSR count). The SMILES string of the molecule is CC(C)N1CCC(C(=O)OCC(C)N2CCC(CO)CC2)CC1. The standard InChI is InChI=1S/C18H34N2O3/c1-14(2)19-10-6-17(7-11-19)18(22)23-13-15(3)20-8-4-16(12-21)5-9-20/h14-17,21H,4-13H2,1-3H3. The van der Waals surface area contributed by atoms with E-state index >= 15 is 0 Å². The van der Waals surface area contributed by atoms with Crippen LogP contribution in [0.3, 0.4) is 0 Å². The summed E-state index contributed by atoms with van der Waals surface area (Å²) < 4.78 is 5.60. The highest BCUT2D eigenvalue weighted by Gasteiger charge is 2.28. The first-order valence-corrected chi connectivity index (χ1v) is 9.26. The molecule has 2 saturated heterocycles. The van der Waals surface area contributed by atoms with Crippen molar-refractivity contribution in [1.82, 2.24) is 9.80 Å². The molecule has 0 radical (unpaired) electrons. The van der Waals surface area contributed by atoms with E-state index in [4.69, 9.17) is 4.74 Å². The average Bonchev–Trinajstić information content (AvgIpc) is 2.59. The van der Waals surface area contributed by atoms with Crippen molar-refractivity contribution >= 4 is 5.97 Å². The fourth-order valence-corrected chi connectivity index (χ4v) is 3.65. The molecule has 0 bridgehead atoms. The summed E-state index contributed by atoms with van der Waals surface area (Å²) in [6.07, 6.45) is 3.94. The lowest BCUT2D eigenvalue weighted by Gasteiger charge is -2.36. The van der Waals surface area contributed by atoms with Crippen LogP contribution in [0.1, 0.15) is 46.5 Å². The fraction of sp³-hybridized carbons (Fsp3) is 0.944. The Bertz CT molecular complexity index is 359. The van der Waals surface area contributed by atoms with Gasteiger partial charge in [-0.05, 0) is 78.6 Å². The minimum absolute atomic E-state index is 0.00880. The number of ether oxygens (including phenoxy) is 1. The average molecular weight is 326 g/mol. The number of piperidine rings is 2. The maximum Gasteiger partial charge on any atom is 0.309 e. The summed E-state index contributed by atoms with van der Waals surface area (Å²) in [5.41, 5.74) is 0. The third-order valence-corrected chi connectivity index (χ3v) is 5.59. The second kappa shape index (κ2) is 9.00. The van der Waals surface area contributed by atoms with Gasteiger partial charge < -0.3 is 14.7 Å². The number of hydrogen-bond acceptors (Lipinski definition) is 5. The summed E-state index contributed by atoms with van der Waals surface area (Å²) in [5.74, 6) is 0.523. The summed E-state index contributed by atoms with van der Waals surface area (Å²) in [5, 5.41) is 9.20. The number of carbonyl (C=O) groups excluding carboxylic acids is 1. The van der Waals surface area contributed by atoms with Gasteiger partial charge in [0.15, 0.2) is 0 Å². The molecule has 134 valence electrons. The van der Waals surface area contributed by atoms with Crippen molar-refractivity contribution in [2.75, 3.05) is 39.4 Å². The lowest BCUT2D eigenvalue weighted by Crippen LogP contribution is -2.44. The Kier molecular flexibility index (Phi) is 7.31. The van der Waals surface area contributed by atoms with Gasteiger partial charge in [-0.25, -0.2) is 0 Å². The number of nitrogens with zero attached hydrogens (tertiary/aromatic N) is 2. The van der Waals surface area contributed by atoms with Crippen LogP contribution in [0, 0.1) is 11.8 Å². The summed E-state index contributed by atoms with van der Waals surface area (Å²) in [4.78, 5) is 17.1. The number of carbonyl (C=O) groups is 1. The third kappa shape index (κ3) is 5.44. The lowest BCUT2D eigenvalue weighted by molar-refractivity contribution is -0.152. The van der Waals surface area contributed by atoms with E-state index in [9.17, 15) is 9.90 Å². The Labute approximate surface area is 141 Å². The van der Waals surface area contributed by atoms with E-state index in [-0.39, 0.29) is 17.9 Å². The quantitative estimate of drug-likeness (QED) is 0.754. The number of aliphatic hydroxyl groups is 1. The molecule has 0 aromatic rings. The molecule has 1 unspecified atom stereocenters. The van der Waals surface area contributed by atoms with E-state index in [1.807, 2.05) is 0 Å². The zero-order valence-corrected chi connectivity index (χ0v) is 15.0. The number of aliphatic hydroxyl groups excluding tert-OH is 1. The fourth-order valence-electron chi connectivity index (χ4n) is 3.65. The Morgan fingerprint density at radius 1 is 1.04 bits per heavy atom. The smallest absolute Gasteiger partial charge is 0.309 e. The Balaban J connectivity index is 1.66. The Morgan fingerprint density at radius 3 is 2.13 bits per heavy atom. The van der Waals surface area contributed by atoms with Gasteiger partial charge in [0.2, 0.25) is 0 Å². The predicted octanol–water partition coefficient (Wildman–Crippen LogP) is 1.74. The first-order chi connectivity index (χ1) is 11.0. The van der Waals surface area contributed by atoms with E-state index in [0.29, 0.717) is 25.2 Å². The van der Waals surface area contributed by atoms with Crippen LogP contribution in [0.5, 0.6) is 0 Å². The molecule has 2 aliphatic heterocycles. The molecule has 0 aromatic carbocycles. The van der Waals surface area contributed by atoms with Crippen molar-refractivity contribution in [3.63, 3.8) is 0 Å². The van der Waals surface area contributed by atoms with Crippen LogP contribution in [0.4, 0.5) is 0 Å². The lowest BCUT2D eigenvalue weighted by atomic mass is 9.96. The van der Waals surface area contributed by atoms with Gasteiger partial charge in [0.05, 0.1) is 5.92 Å². The van der Waals surface area contributed by atoms with Crippen LogP contribution < -0.4 is 0 Å². The molecular formula is C18H34N2O3. The topological polar surface area (TPSA) is 53.0 Å². The van der Waals surface area contributed by atoms with Gasteiger partial charge in [0.1, 0.15) is 6.61 Å². The molecule has 1 atom stereocenters. The largest absolute Gasteiger partial charge is 0.464 e. The zero-order chi connectivity index (χ0) is 16.8. The summed E-state index contributed by atoms with van der Waals surface area (Å²) in [7, 11) is 0. The van der Waals surface area contributed by atoms with E-state index in [0.717, 1.165) is 51.9 Å². The van der Waals surface area contributed by atoms with Gasteiger partial charge in [-0.15, -0.1) is 0 Å². The summed E-state index contributed by atoms with van der Waals surface area (Å²) >= 11 is 0. The number of esters is 1. The highest BCUT2D eigenvalue weighted by molar-refractivity contribution is 5.72. The van der Waals surface area contributed by atoms with E-state index in [2.05, 4.69) is 30.6 Å². The Morgan fingerprint density at radius 2 is 1.61 bits per heavy atom. The van der Waals surface area contributed by atoms with Crippen LogP contribution in [0.15, 0.2) is 0 Å². The van der Waals surface area contributed by atoms with Crippen LogP contribution in [0.25, 0.3) is 0 Å². The minimum atomic E-state index is -0.00880. The van der Waals surface area contributed by atoms with Crippen molar-refractivity contribution in [3.05, 3.63) is 0 Å². The molecule has 23 heavy (non-hydrogen) atoms. The van der Waals surface area contributed by atoms with E-state index in [1.165, 1.54) is 0 Å². The first-order valence-electron chi connectivity index (χ1n) is 9.26. The molecule has 5 heteroatoms. The Hall–Kier alpha value is -0.650. The predicted molar refractivity (Wildman–Crippen MR) is 91.2 cm³/mol. The van der Waals surface area contributed by atoms with Crippen molar-refractivity contribution < 1.29 is 14.6 Å². The monoisotopic (exact) mass is 326 g/mol. The second-order valence-corrected chi connectivity index (χ2v) is 7.54. The second-order valence-electron chi connectivity index (χ2n) is 7.54. The molecule has 1 N–H and O–H groups in total. The first kappa shape index (κ1) is 18.7. The van der Waals surface area contributed by atoms with Crippen LogP contribution in [-0.2, 0) is 9.53 Å². The van der Waals surface area contributed by atoms with E-state index < -0.39 is 0 Å². The van der Waals surface area contributed by atoms with Crippen LogP contribution in [0.2, 0.25) is 0 Å². The van der Waals surface area contributed by atoms with Gasteiger partial charge in [-0.2, -0.15) is 0 Å². The van der Waals surface area contributed by atoms with Gasteiger partial charge >= 0.3 is 5.97 Å². The molecule has 0 spiro atoms. The molecule has 0 saturated carbocycles. The number of hydrogen-bond donors (Lipinski definition) is 1. The van der Waals surface area contributed by atoms with Crippen molar-refractivity contribution in [1.29, 1.82) is 0 Å². The molecule has 0 amide bonds. The third-order valence-electron chi connectivity index (χ3n) is 5.59. The minimum Gasteiger partial charge on any atom is -0.464 e. The number of likely N-dealkylation sites (tertiary alicyclic amines) is 2. The zero-order valence-electron chi connectivity index (χ0n) is 15.0. The highest BCUT2D eigenvalue weighted by Crippen LogP contribution is 2.21. The van der Waals surface area contributed by atoms with Gasteiger partial charge in [-0.3, -0.25) is 9.69 Å². The molecule has 0 aliphatic carbocycles. The molecule has 2 aliphatic rings. The number of rotatable bonds is 6. The molecule has 0 aromatic heterocycles. The van der Waals surface area contributed by atoms with Gasteiger partial charge in [-0.1, -0.05) is 0 Å². The van der Waals surface area contributed by atoms with E-state index in [1.54, 1.807) is 0 Å². The van der Waals surface area contributed by atoms with Crippen molar-refractivity contribution in [2.24, 2.45) is 11.8 Å². The summed E-state index contributed by atoms with van der Waals surface area (Å²) in [6, 6.07) is 0.836. The molecule has 5 nitrogen and oxygen atoms in total.